The molecule has 0 fully saturated rings. The molecule has 0 bridgehead atoms. The first-order valence-corrected chi connectivity index (χ1v) is 6.27. The summed E-state index contributed by atoms with van der Waals surface area (Å²) in [6.45, 7) is 0. The maximum absolute atomic E-state index is 11.7. The van der Waals surface area contributed by atoms with E-state index in [-0.39, 0.29) is 5.91 Å². The lowest BCUT2D eigenvalue weighted by atomic mass is 9.94. The van der Waals surface area contributed by atoms with E-state index in [1.165, 1.54) is 0 Å². The van der Waals surface area contributed by atoms with E-state index in [1.54, 1.807) is 30.3 Å². The zero-order valence-corrected chi connectivity index (χ0v) is 10.9. The Morgan fingerprint density at radius 3 is 2.95 bits per heavy atom. The standard InChI is InChI=1S/C15H12N4O/c1-19-14-5-4-10(7-11(14)8-15(19)20)12(9-16)13-3-2-6-17-18-13/h2-7,12H,8H2,1H3. The third-order valence-electron chi connectivity index (χ3n) is 3.53. The molecule has 1 aliphatic rings. The van der Waals surface area contributed by atoms with Crippen LogP contribution in [0.15, 0.2) is 36.5 Å². The molecule has 1 aliphatic heterocycles. The van der Waals surface area contributed by atoms with Crippen molar-refractivity contribution in [3.8, 4) is 6.07 Å². The van der Waals surface area contributed by atoms with Crippen molar-refractivity contribution in [1.82, 2.24) is 10.2 Å². The quantitative estimate of drug-likeness (QED) is 0.827. The van der Waals surface area contributed by atoms with Gasteiger partial charge < -0.3 is 4.90 Å². The predicted octanol–water partition coefficient (Wildman–Crippen LogP) is 1.65. The SMILES string of the molecule is CN1C(=O)Cc2cc(C(C#N)c3cccnn3)ccc21. The van der Waals surface area contributed by atoms with Crippen molar-refractivity contribution in [1.29, 1.82) is 5.26 Å². The summed E-state index contributed by atoms with van der Waals surface area (Å²) in [5, 5.41) is 17.2. The maximum Gasteiger partial charge on any atom is 0.231 e. The summed E-state index contributed by atoms with van der Waals surface area (Å²) in [6, 6.07) is 11.5. The first-order valence-electron chi connectivity index (χ1n) is 6.27. The number of carbonyl (C=O) groups excluding carboxylic acids is 1. The monoisotopic (exact) mass is 264 g/mol. The van der Waals surface area contributed by atoms with Gasteiger partial charge in [0.25, 0.3) is 0 Å². The van der Waals surface area contributed by atoms with Gasteiger partial charge in [0, 0.05) is 18.9 Å². The lowest BCUT2D eigenvalue weighted by molar-refractivity contribution is -0.117. The van der Waals surface area contributed by atoms with Crippen molar-refractivity contribution < 1.29 is 4.79 Å². The Morgan fingerprint density at radius 2 is 2.25 bits per heavy atom. The first-order chi connectivity index (χ1) is 9.70. The van der Waals surface area contributed by atoms with Crippen LogP contribution >= 0.6 is 0 Å². The molecule has 5 nitrogen and oxygen atoms in total. The van der Waals surface area contributed by atoms with Crippen molar-refractivity contribution >= 4 is 11.6 Å². The van der Waals surface area contributed by atoms with E-state index in [0.29, 0.717) is 12.1 Å². The fourth-order valence-electron chi connectivity index (χ4n) is 2.45. The molecule has 20 heavy (non-hydrogen) atoms. The van der Waals surface area contributed by atoms with E-state index in [1.807, 2.05) is 18.2 Å². The smallest absolute Gasteiger partial charge is 0.231 e. The number of benzene rings is 1. The zero-order chi connectivity index (χ0) is 14.1. The molecule has 1 amide bonds. The molecule has 3 rings (SSSR count). The number of nitrogens with zero attached hydrogens (tertiary/aromatic N) is 4. The predicted molar refractivity (Wildman–Crippen MR) is 73.0 cm³/mol. The van der Waals surface area contributed by atoms with E-state index in [9.17, 15) is 10.1 Å². The fraction of sp³-hybridized carbons (Fsp3) is 0.200. The summed E-state index contributed by atoms with van der Waals surface area (Å²) >= 11 is 0. The average Bonchev–Trinajstić information content (AvgIpc) is 2.76. The summed E-state index contributed by atoms with van der Waals surface area (Å²) in [6.07, 6.45) is 1.96. The van der Waals surface area contributed by atoms with Gasteiger partial charge in [0.15, 0.2) is 0 Å². The summed E-state index contributed by atoms with van der Waals surface area (Å²) in [4.78, 5) is 13.3. The van der Waals surface area contributed by atoms with Crippen molar-refractivity contribution in [2.24, 2.45) is 0 Å². The number of likely N-dealkylation sites (N-methyl/N-ethyl adjacent to an activating group) is 1. The number of hydrogen-bond acceptors (Lipinski definition) is 4. The minimum Gasteiger partial charge on any atom is -0.315 e. The van der Waals surface area contributed by atoms with Crippen LogP contribution in [0.3, 0.4) is 0 Å². The number of nitriles is 1. The van der Waals surface area contributed by atoms with Gasteiger partial charge in [-0.3, -0.25) is 4.79 Å². The Kier molecular flexibility index (Phi) is 2.92. The van der Waals surface area contributed by atoms with E-state index < -0.39 is 5.92 Å². The number of anilines is 1. The number of carbonyl (C=O) groups is 1. The third-order valence-corrected chi connectivity index (χ3v) is 3.53. The molecular formula is C15H12N4O. The maximum atomic E-state index is 11.7. The molecule has 2 heterocycles. The molecule has 98 valence electrons. The van der Waals surface area contributed by atoms with Crippen LogP contribution in [-0.2, 0) is 11.2 Å². The summed E-state index contributed by atoms with van der Waals surface area (Å²) < 4.78 is 0. The van der Waals surface area contributed by atoms with E-state index >= 15 is 0 Å². The summed E-state index contributed by atoms with van der Waals surface area (Å²) in [5.41, 5.74) is 3.33. The molecule has 5 heteroatoms. The second-order valence-electron chi connectivity index (χ2n) is 4.73. The molecule has 2 aromatic rings. The molecule has 0 saturated carbocycles. The molecule has 0 N–H and O–H groups in total. The Hall–Kier alpha value is -2.74. The number of hydrogen-bond donors (Lipinski definition) is 0. The normalized spacial score (nSPS) is 14.8. The van der Waals surface area contributed by atoms with E-state index in [2.05, 4.69) is 16.3 Å². The molecule has 0 aliphatic carbocycles. The third kappa shape index (κ3) is 1.91. The van der Waals surface area contributed by atoms with Gasteiger partial charge in [-0.15, -0.1) is 0 Å². The van der Waals surface area contributed by atoms with Gasteiger partial charge in [0.05, 0.1) is 18.2 Å². The highest BCUT2D eigenvalue weighted by Gasteiger charge is 2.25. The van der Waals surface area contributed by atoms with Crippen LogP contribution in [0.25, 0.3) is 0 Å². The van der Waals surface area contributed by atoms with Gasteiger partial charge in [-0.1, -0.05) is 12.1 Å². The van der Waals surface area contributed by atoms with Crippen molar-refractivity contribution in [3.05, 3.63) is 53.3 Å². The zero-order valence-electron chi connectivity index (χ0n) is 10.9. The van der Waals surface area contributed by atoms with Gasteiger partial charge in [-0.25, -0.2) is 0 Å². The Labute approximate surface area is 116 Å². The van der Waals surface area contributed by atoms with Gasteiger partial charge in [0.1, 0.15) is 5.92 Å². The van der Waals surface area contributed by atoms with Gasteiger partial charge in [-0.05, 0) is 29.3 Å². The van der Waals surface area contributed by atoms with E-state index in [0.717, 1.165) is 16.8 Å². The average molecular weight is 264 g/mol. The number of rotatable bonds is 2. The molecular weight excluding hydrogens is 252 g/mol. The topological polar surface area (TPSA) is 69.9 Å². The van der Waals surface area contributed by atoms with Gasteiger partial charge >= 0.3 is 0 Å². The highest BCUT2D eigenvalue weighted by Crippen LogP contribution is 2.32. The van der Waals surface area contributed by atoms with Gasteiger partial charge in [0.2, 0.25) is 5.91 Å². The lowest BCUT2D eigenvalue weighted by Gasteiger charge is -2.12. The first kappa shape index (κ1) is 12.3. The molecule has 1 unspecified atom stereocenters. The number of fused-ring (bicyclic) bond motifs is 1. The van der Waals surface area contributed by atoms with Gasteiger partial charge in [-0.2, -0.15) is 15.5 Å². The number of aromatic nitrogens is 2. The fourth-order valence-corrected chi connectivity index (χ4v) is 2.45. The Balaban J connectivity index is 2.02. The van der Waals surface area contributed by atoms with Crippen LogP contribution in [-0.4, -0.2) is 23.2 Å². The molecule has 1 aromatic carbocycles. The van der Waals surface area contributed by atoms with Crippen molar-refractivity contribution in [2.45, 2.75) is 12.3 Å². The van der Waals surface area contributed by atoms with Crippen LogP contribution in [0.2, 0.25) is 0 Å². The molecule has 0 spiro atoms. The summed E-state index contributed by atoms with van der Waals surface area (Å²) in [5.74, 6) is -0.389. The van der Waals surface area contributed by atoms with Crippen molar-refractivity contribution in [3.63, 3.8) is 0 Å². The summed E-state index contributed by atoms with van der Waals surface area (Å²) in [7, 11) is 1.76. The Bertz CT molecular complexity index is 706. The molecule has 0 radical (unpaired) electrons. The number of amides is 1. The highest BCUT2D eigenvalue weighted by atomic mass is 16.2. The highest BCUT2D eigenvalue weighted by molar-refractivity contribution is 6.00. The minimum atomic E-state index is -0.463. The van der Waals surface area contributed by atoms with Crippen LogP contribution in [0.5, 0.6) is 0 Å². The van der Waals surface area contributed by atoms with Crippen LogP contribution in [0.4, 0.5) is 5.69 Å². The van der Waals surface area contributed by atoms with Crippen LogP contribution in [0, 0.1) is 11.3 Å². The molecule has 0 saturated heterocycles. The molecule has 1 atom stereocenters. The van der Waals surface area contributed by atoms with Crippen LogP contribution in [0.1, 0.15) is 22.7 Å². The minimum absolute atomic E-state index is 0.0742. The Morgan fingerprint density at radius 1 is 1.40 bits per heavy atom. The lowest BCUT2D eigenvalue weighted by Crippen LogP contribution is -2.20. The second kappa shape index (κ2) is 4.74. The molecule has 1 aromatic heterocycles. The largest absolute Gasteiger partial charge is 0.315 e. The second-order valence-corrected chi connectivity index (χ2v) is 4.73. The van der Waals surface area contributed by atoms with Crippen molar-refractivity contribution in [2.75, 3.05) is 11.9 Å². The van der Waals surface area contributed by atoms with Crippen LogP contribution < -0.4 is 4.90 Å². The van der Waals surface area contributed by atoms with E-state index in [4.69, 9.17) is 0 Å².